The zero-order valence-electron chi connectivity index (χ0n) is 12.2. The van der Waals surface area contributed by atoms with Gasteiger partial charge in [0.15, 0.2) is 0 Å². The topological polar surface area (TPSA) is 30.0 Å². The lowest BCUT2D eigenvalue weighted by Crippen LogP contribution is -2.48. The first-order chi connectivity index (χ1) is 9.69. The van der Waals surface area contributed by atoms with Crippen molar-refractivity contribution in [3.8, 4) is 0 Å². The van der Waals surface area contributed by atoms with Crippen molar-refractivity contribution in [1.29, 1.82) is 0 Å². The van der Waals surface area contributed by atoms with E-state index in [9.17, 15) is 4.79 Å². The largest absolute Gasteiger partial charge is 0.299 e. The van der Waals surface area contributed by atoms with Gasteiger partial charge in [0.25, 0.3) is 0 Å². The summed E-state index contributed by atoms with van der Waals surface area (Å²) in [6.45, 7) is 2.04. The van der Waals surface area contributed by atoms with Crippen molar-refractivity contribution in [1.82, 2.24) is 4.98 Å². The lowest BCUT2D eigenvalue weighted by atomic mass is 9.51. The molecule has 0 aliphatic heterocycles. The number of nitrogens with zero attached hydrogens (tertiary/aromatic N) is 1. The summed E-state index contributed by atoms with van der Waals surface area (Å²) in [4.78, 5) is 17.2. The lowest BCUT2D eigenvalue weighted by molar-refractivity contribution is -0.135. The molecule has 4 saturated carbocycles. The molecule has 4 fully saturated rings. The van der Waals surface area contributed by atoms with Crippen LogP contribution in [-0.2, 0) is 11.2 Å². The molecule has 1 aromatic rings. The molecule has 0 saturated heterocycles. The smallest absolute Gasteiger partial charge is 0.142 e. The van der Waals surface area contributed by atoms with Crippen LogP contribution in [0.15, 0.2) is 18.3 Å². The molecule has 4 aliphatic rings. The van der Waals surface area contributed by atoms with Gasteiger partial charge in [-0.15, -0.1) is 0 Å². The molecule has 0 amide bonds. The van der Waals surface area contributed by atoms with E-state index in [0.29, 0.717) is 30.0 Å². The molecule has 0 radical (unpaired) electrons. The van der Waals surface area contributed by atoms with Gasteiger partial charge in [0.2, 0.25) is 0 Å². The summed E-state index contributed by atoms with van der Waals surface area (Å²) < 4.78 is 0. The molecular weight excluding hydrogens is 246 g/mol. The first-order valence-corrected chi connectivity index (χ1v) is 8.13. The van der Waals surface area contributed by atoms with Gasteiger partial charge in [-0.1, -0.05) is 6.07 Å². The van der Waals surface area contributed by atoms with Gasteiger partial charge in [-0.05, 0) is 74.3 Å². The number of ketones is 1. The normalized spacial score (nSPS) is 38.1. The van der Waals surface area contributed by atoms with E-state index in [1.54, 1.807) is 0 Å². The van der Waals surface area contributed by atoms with Crippen molar-refractivity contribution in [2.75, 3.05) is 0 Å². The summed E-state index contributed by atoms with van der Waals surface area (Å²) in [6, 6.07) is 4.08. The average Bonchev–Trinajstić information content (AvgIpc) is 2.40. The van der Waals surface area contributed by atoms with Crippen molar-refractivity contribution in [2.45, 2.75) is 45.4 Å². The molecule has 5 rings (SSSR count). The number of rotatable bonds is 3. The first kappa shape index (κ1) is 12.6. The highest BCUT2D eigenvalue weighted by atomic mass is 16.1. The Balaban J connectivity index is 1.50. The van der Waals surface area contributed by atoms with Crippen LogP contribution in [0.4, 0.5) is 0 Å². The number of pyridine rings is 1. The van der Waals surface area contributed by atoms with E-state index >= 15 is 0 Å². The minimum atomic E-state index is 0.353. The van der Waals surface area contributed by atoms with Crippen LogP contribution in [0.25, 0.3) is 0 Å². The van der Waals surface area contributed by atoms with Gasteiger partial charge in [0.05, 0.1) is 0 Å². The maximum Gasteiger partial charge on any atom is 0.142 e. The molecule has 0 atom stereocenters. The van der Waals surface area contributed by atoms with Crippen molar-refractivity contribution >= 4 is 5.78 Å². The monoisotopic (exact) mass is 269 g/mol. The Morgan fingerprint density at radius 2 is 1.75 bits per heavy atom. The fourth-order valence-corrected chi connectivity index (χ4v) is 5.35. The number of aryl methyl sites for hydroxylation is 1. The van der Waals surface area contributed by atoms with Gasteiger partial charge in [-0.25, -0.2) is 0 Å². The fraction of sp³-hybridized carbons (Fsp3) is 0.667. The highest BCUT2D eigenvalue weighted by Crippen LogP contribution is 2.56. The molecule has 0 spiro atoms. The summed E-state index contributed by atoms with van der Waals surface area (Å²) >= 11 is 0. The Kier molecular flexibility index (Phi) is 2.94. The van der Waals surface area contributed by atoms with Crippen LogP contribution in [0.1, 0.15) is 43.4 Å². The summed E-state index contributed by atoms with van der Waals surface area (Å²) in [5, 5.41) is 0. The number of aromatic nitrogens is 1. The number of hydrogen-bond donors (Lipinski definition) is 0. The standard InChI is InChI=1S/C18H23NO/c1-11-2-3-16(19-10-11)9-17(20)18-14-5-12-4-13(7-14)8-15(18)6-12/h2-3,10,12-15,18H,4-9H2,1H3. The first-order valence-electron chi connectivity index (χ1n) is 8.13. The summed E-state index contributed by atoms with van der Waals surface area (Å²) in [5.74, 6) is 4.10. The van der Waals surface area contributed by atoms with Crippen molar-refractivity contribution in [2.24, 2.45) is 29.6 Å². The van der Waals surface area contributed by atoms with E-state index in [4.69, 9.17) is 0 Å². The van der Waals surface area contributed by atoms with Crippen LogP contribution in [0.3, 0.4) is 0 Å². The molecule has 20 heavy (non-hydrogen) atoms. The summed E-state index contributed by atoms with van der Waals surface area (Å²) in [7, 11) is 0. The highest BCUT2D eigenvalue weighted by molar-refractivity contribution is 5.83. The third kappa shape index (κ3) is 2.10. The fourth-order valence-electron chi connectivity index (χ4n) is 5.35. The van der Waals surface area contributed by atoms with Crippen LogP contribution >= 0.6 is 0 Å². The molecule has 2 heteroatoms. The molecular formula is C18H23NO. The third-order valence-electron chi connectivity index (χ3n) is 5.93. The van der Waals surface area contributed by atoms with Crippen molar-refractivity contribution in [3.05, 3.63) is 29.6 Å². The van der Waals surface area contributed by atoms with Gasteiger partial charge < -0.3 is 0 Å². The number of carbonyl (C=O) groups is 1. The van der Waals surface area contributed by atoms with E-state index in [2.05, 4.69) is 11.1 Å². The zero-order chi connectivity index (χ0) is 13.7. The molecule has 1 heterocycles. The van der Waals surface area contributed by atoms with Crippen LogP contribution in [0, 0.1) is 36.5 Å². The Hall–Kier alpha value is -1.18. The minimum Gasteiger partial charge on any atom is -0.299 e. The van der Waals surface area contributed by atoms with E-state index < -0.39 is 0 Å². The Labute approximate surface area is 121 Å². The van der Waals surface area contributed by atoms with Gasteiger partial charge in [-0.2, -0.15) is 0 Å². The van der Waals surface area contributed by atoms with Gasteiger partial charge >= 0.3 is 0 Å². The summed E-state index contributed by atoms with van der Waals surface area (Å²) in [6.07, 6.45) is 9.17. The van der Waals surface area contributed by atoms with E-state index in [-0.39, 0.29) is 0 Å². The second-order valence-electron chi connectivity index (χ2n) is 7.43. The minimum absolute atomic E-state index is 0.353. The molecule has 1 aromatic heterocycles. The Morgan fingerprint density at radius 3 is 2.30 bits per heavy atom. The predicted octanol–water partition coefficient (Wildman–Crippen LogP) is 3.57. The molecule has 0 unspecified atom stereocenters. The second-order valence-corrected chi connectivity index (χ2v) is 7.43. The predicted molar refractivity (Wildman–Crippen MR) is 78.2 cm³/mol. The highest BCUT2D eigenvalue weighted by Gasteiger charge is 2.50. The number of carbonyl (C=O) groups excluding carboxylic acids is 1. The second kappa shape index (κ2) is 4.68. The van der Waals surface area contributed by atoms with Crippen LogP contribution in [0.2, 0.25) is 0 Å². The van der Waals surface area contributed by atoms with Crippen LogP contribution in [-0.4, -0.2) is 10.8 Å². The maximum absolute atomic E-state index is 12.7. The van der Waals surface area contributed by atoms with Gasteiger partial charge in [0.1, 0.15) is 5.78 Å². The number of Topliss-reactive ketones (excluding diaryl/α,β-unsaturated/α-hetero) is 1. The van der Waals surface area contributed by atoms with E-state index in [1.807, 2.05) is 19.2 Å². The number of hydrogen-bond acceptors (Lipinski definition) is 2. The summed E-state index contributed by atoms with van der Waals surface area (Å²) in [5.41, 5.74) is 2.12. The molecule has 4 aliphatic carbocycles. The molecule has 106 valence electrons. The van der Waals surface area contributed by atoms with Gasteiger partial charge in [-0.3, -0.25) is 9.78 Å². The van der Waals surface area contributed by atoms with Gasteiger partial charge in [0, 0.05) is 24.2 Å². The SMILES string of the molecule is Cc1ccc(CC(=O)C2C3CC4CC(C3)CC2C4)nc1. The third-order valence-corrected chi connectivity index (χ3v) is 5.93. The molecule has 2 nitrogen and oxygen atoms in total. The Morgan fingerprint density at radius 1 is 1.10 bits per heavy atom. The quantitative estimate of drug-likeness (QED) is 0.839. The lowest BCUT2D eigenvalue weighted by Gasteiger charge is -2.53. The van der Waals surface area contributed by atoms with Crippen molar-refractivity contribution < 1.29 is 4.79 Å². The molecule has 0 N–H and O–H groups in total. The average molecular weight is 269 g/mol. The maximum atomic E-state index is 12.7. The van der Waals surface area contributed by atoms with Crippen molar-refractivity contribution in [3.63, 3.8) is 0 Å². The Bertz CT molecular complexity index is 491. The van der Waals surface area contributed by atoms with Crippen LogP contribution < -0.4 is 0 Å². The van der Waals surface area contributed by atoms with E-state index in [1.165, 1.54) is 32.1 Å². The molecule has 4 bridgehead atoms. The molecule has 0 aromatic carbocycles. The van der Waals surface area contributed by atoms with E-state index in [0.717, 1.165) is 23.1 Å². The zero-order valence-corrected chi connectivity index (χ0v) is 12.2. The van der Waals surface area contributed by atoms with Crippen LogP contribution in [0.5, 0.6) is 0 Å².